The smallest absolute Gasteiger partial charge is 0.310 e. The third-order valence-corrected chi connectivity index (χ3v) is 5.65. The summed E-state index contributed by atoms with van der Waals surface area (Å²) in [7, 11) is -2.12. The molecule has 0 unspecified atom stereocenters. The molecular formula is C12H24N2O4S. The highest BCUT2D eigenvalue weighted by Gasteiger charge is 2.40. The van der Waals surface area contributed by atoms with Crippen molar-refractivity contribution in [2.45, 2.75) is 52.0 Å². The van der Waals surface area contributed by atoms with Gasteiger partial charge in [0, 0.05) is 19.6 Å². The Balaban J connectivity index is 2.75. The zero-order chi connectivity index (χ0) is 14.7. The highest BCUT2D eigenvalue weighted by Crippen LogP contribution is 2.36. The van der Waals surface area contributed by atoms with Crippen LogP contribution in [0, 0.1) is 5.41 Å². The molecule has 0 spiro atoms. The molecule has 0 aromatic carbocycles. The van der Waals surface area contributed by atoms with Gasteiger partial charge in [-0.2, -0.15) is 12.7 Å². The van der Waals surface area contributed by atoms with Crippen molar-refractivity contribution in [1.29, 1.82) is 0 Å². The molecule has 0 heterocycles. The van der Waals surface area contributed by atoms with Gasteiger partial charge in [0.25, 0.3) is 10.2 Å². The summed E-state index contributed by atoms with van der Waals surface area (Å²) in [5.41, 5.74) is -0.941. The van der Waals surface area contributed by atoms with Gasteiger partial charge < -0.3 is 5.11 Å². The molecule has 0 amide bonds. The van der Waals surface area contributed by atoms with E-state index >= 15 is 0 Å². The van der Waals surface area contributed by atoms with Crippen LogP contribution >= 0.6 is 0 Å². The second kappa shape index (κ2) is 6.19. The van der Waals surface area contributed by atoms with Crippen LogP contribution in [0.4, 0.5) is 0 Å². The number of hydrogen-bond acceptors (Lipinski definition) is 3. The molecule has 0 aromatic rings. The van der Waals surface area contributed by atoms with Gasteiger partial charge >= 0.3 is 5.97 Å². The molecule has 0 bridgehead atoms. The van der Waals surface area contributed by atoms with Crippen molar-refractivity contribution >= 4 is 16.2 Å². The fourth-order valence-corrected chi connectivity index (χ4v) is 3.52. The van der Waals surface area contributed by atoms with Crippen LogP contribution in [0.3, 0.4) is 0 Å². The Morgan fingerprint density at radius 1 is 1.32 bits per heavy atom. The largest absolute Gasteiger partial charge is 0.481 e. The van der Waals surface area contributed by atoms with Crippen LogP contribution in [0.2, 0.25) is 0 Å². The number of carboxylic acid groups (broad SMARTS) is 1. The molecule has 0 atom stereocenters. The maximum atomic E-state index is 12.0. The number of hydrogen-bond donors (Lipinski definition) is 2. The van der Waals surface area contributed by atoms with Gasteiger partial charge in [0.05, 0.1) is 5.41 Å². The van der Waals surface area contributed by atoms with Gasteiger partial charge in [0.15, 0.2) is 0 Å². The lowest BCUT2D eigenvalue weighted by molar-refractivity contribution is -0.150. The van der Waals surface area contributed by atoms with E-state index in [1.54, 1.807) is 13.8 Å². The number of aliphatic carboxylic acids is 1. The van der Waals surface area contributed by atoms with Crippen LogP contribution in [-0.2, 0) is 15.0 Å². The molecule has 1 aliphatic carbocycles. The van der Waals surface area contributed by atoms with Crippen LogP contribution in [0.25, 0.3) is 0 Å². The van der Waals surface area contributed by atoms with E-state index in [-0.39, 0.29) is 12.6 Å². The van der Waals surface area contributed by atoms with Crippen molar-refractivity contribution < 1.29 is 18.3 Å². The van der Waals surface area contributed by atoms with E-state index in [4.69, 9.17) is 0 Å². The number of rotatable bonds is 6. The Hall–Kier alpha value is -0.660. The average Bonchev–Trinajstić information content (AvgIpc) is 2.36. The van der Waals surface area contributed by atoms with E-state index in [2.05, 4.69) is 4.72 Å². The van der Waals surface area contributed by atoms with E-state index in [0.29, 0.717) is 12.8 Å². The second-order valence-electron chi connectivity index (χ2n) is 5.58. The van der Waals surface area contributed by atoms with E-state index < -0.39 is 21.6 Å². The molecule has 1 aliphatic rings. The van der Waals surface area contributed by atoms with Gasteiger partial charge in [-0.25, -0.2) is 4.72 Å². The molecule has 2 N–H and O–H groups in total. The van der Waals surface area contributed by atoms with Gasteiger partial charge in [-0.3, -0.25) is 4.79 Å². The quantitative estimate of drug-likeness (QED) is 0.770. The molecule has 19 heavy (non-hydrogen) atoms. The molecular weight excluding hydrogens is 268 g/mol. The minimum absolute atomic E-state index is 0.0261. The summed E-state index contributed by atoms with van der Waals surface area (Å²) in [5.74, 6) is -0.901. The lowest BCUT2D eigenvalue weighted by atomic mass is 9.74. The van der Waals surface area contributed by atoms with Crippen LogP contribution in [0.5, 0.6) is 0 Å². The minimum Gasteiger partial charge on any atom is -0.481 e. The van der Waals surface area contributed by atoms with E-state index in [0.717, 1.165) is 19.3 Å². The summed E-state index contributed by atoms with van der Waals surface area (Å²) in [4.78, 5) is 11.4. The first kappa shape index (κ1) is 16.4. The molecule has 1 fully saturated rings. The standard InChI is InChI=1S/C12H24N2O4S/c1-10(2)14(3)19(17,18)13-9-12(11(15)16)7-5-4-6-8-12/h10,13H,4-9H2,1-3H3,(H,15,16). The molecule has 7 heteroatoms. The summed E-state index contributed by atoms with van der Waals surface area (Å²) in [6.07, 6.45) is 3.78. The summed E-state index contributed by atoms with van der Waals surface area (Å²) < 4.78 is 27.7. The average molecular weight is 292 g/mol. The van der Waals surface area contributed by atoms with Crippen molar-refractivity contribution in [2.75, 3.05) is 13.6 Å². The molecule has 6 nitrogen and oxygen atoms in total. The summed E-state index contributed by atoms with van der Waals surface area (Å²) in [6.45, 7) is 3.52. The van der Waals surface area contributed by atoms with Crippen LogP contribution in [0.1, 0.15) is 46.0 Å². The number of carboxylic acids is 1. The van der Waals surface area contributed by atoms with Crippen LogP contribution in [0.15, 0.2) is 0 Å². The van der Waals surface area contributed by atoms with Crippen molar-refractivity contribution in [3.63, 3.8) is 0 Å². The van der Waals surface area contributed by atoms with Crippen molar-refractivity contribution in [3.8, 4) is 0 Å². The highest BCUT2D eigenvalue weighted by molar-refractivity contribution is 7.87. The zero-order valence-corrected chi connectivity index (χ0v) is 12.7. The van der Waals surface area contributed by atoms with Crippen molar-refractivity contribution in [1.82, 2.24) is 9.03 Å². The SMILES string of the molecule is CC(C)N(C)S(=O)(=O)NCC1(C(=O)O)CCCCC1. The van der Waals surface area contributed by atoms with Gasteiger partial charge in [-0.15, -0.1) is 0 Å². The second-order valence-corrected chi connectivity index (χ2v) is 7.40. The lowest BCUT2D eigenvalue weighted by Crippen LogP contribution is -2.49. The third kappa shape index (κ3) is 3.90. The molecule has 112 valence electrons. The lowest BCUT2D eigenvalue weighted by Gasteiger charge is -2.34. The molecule has 1 rings (SSSR count). The number of nitrogens with one attached hydrogen (secondary N) is 1. The highest BCUT2D eigenvalue weighted by atomic mass is 32.2. The normalized spacial score (nSPS) is 19.8. The number of nitrogens with zero attached hydrogens (tertiary/aromatic N) is 1. The Labute approximate surface area is 115 Å². The predicted octanol–water partition coefficient (Wildman–Crippen LogP) is 1.20. The molecule has 0 aliphatic heterocycles. The third-order valence-electron chi connectivity index (χ3n) is 3.96. The maximum Gasteiger partial charge on any atom is 0.310 e. The van der Waals surface area contributed by atoms with E-state index in [9.17, 15) is 18.3 Å². The Morgan fingerprint density at radius 3 is 2.26 bits per heavy atom. The fourth-order valence-electron chi connectivity index (χ4n) is 2.30. The van der Waals surface area contributed by atoms with Gasteiger partial charge in [0.2, 0.25) is 0 Å². The first-order valence-electron chi connectivity index (χ1n) is 6.67. The topological polar surface area (TPSA) is 86.7 Å². The monoisotopic (exact) mass is 292 g/mol. The van der Waals surface area contributed by atoms with Crippen molar-refractivity contribution in [2.24, 2.45) is 5.41 Å². The molecule has 1 saturated carbocycles. The van der Waals surface area contributed by atoms with Crippen LogP contribution < -0.4 is 4.72 Å². The number of carbonyl (C=O) groups is 1. The predicted molar refractivity (Wildman–Crippen MR) is 73.0 cm³/mol. The first-order chi connectivity index (χ1) is 8.71. The summed E-state index contributed by atoms with van der Waals surface area (Å²) in [5, 5.41) is 9.38. The van der Waals surface area contributed by atoms with Gasteiger partial charge in [-0.05, 0) is 26.7 Å². The Kier molecular flexibility index (Phi) is 5.34. The maximum absolute atomic E-state index is 12.0. The zero-order valence-electron chi connectivity index (χ0n) is 11.8. The molecule has 0 aromatic heterocycles. The van der Waals surface area contributed by atoms with Gasteiger partial charge in [0.1, 0.15) is 0 Å². The van der Waals surface area contributed by atoms with Crippen LogP contribution in [-0.4, -0.2) is 43.4 Å². The Morgan fingerprint density at radius 2 is 1.84 bits per heavy atom. The molecule has 0 saturated heterocycles. The summed E-state index contributed by atoms with van der Waals surface area (Å²) >= 11 is 0. The fraction of sp³-hybridized carbons (Fsp3) is 0.917. The molecule has 0 radical (unpaired) electrons. The first-order valence-corrected chi connectivity index (χ1v) is 8.11. The summed E-state index contributed by atoms with van der Waals surface area (Å²) in [6, 6.07) is -0.162. The Bertz CT molecular complexity index is 413. The van der Waals surface area contributed by atoms with E-state index in [1.807, 2.05) is 0 Å². The van der Waals surface area contributed by atoms with Gasteiger partial charge in [-0.1, -0.05) is 19.3 Å². The van der Waals surface area contributed by atoms with E-state index in [1.165, 1.54) is 11.4 Å². The van der Waals surface area contributed by atoms with Crippen molar-refractivity contribution in [3.05, 3.63) is 0 Å². The minimum atomic E-state index is -3.61.